The zero-order chi connectivity index (χ0) is 19.3. The highest BCUT2D eigenvalue weighted by Crippen LogP contribution is 2.31. The van der Waals surface area contributed by atoms with Gasteiger partial charge in [0, 0.05) is 18.8 Å². The molecule has 0 radical (unpaired) electrons. The summed E-state index contributed by atoms with van der Waals surface area (Å²) in [6.45, 7) is 1.81. The summed E-state index contributed by atoms with van der Waals surface area (Å²) in [7, 11) is 1.67. The first-order chi connectivity index (χ1) is 13.7. The van der Waals surface area contributed by atoms with Crippen molar-refractivity contribution < 1.29 is 4.74 Å². The maximum absolute atomic E-state index is 12.3. The molecule has 0 amide bonds. The maximum atomic E-state index is 12.3. The minimum atomic E-state index is -0.138. The van der Waals surface area contributed by atoms with Crippen LogP contribution in [0.5, 0.6) is 5.75 Å². The molecule has 0 spiro atoms. The smallest absolute Gasteiger partial charge is 0.251 e. The Balaban J connectivity index is 1.62. The van der Waals surface area contributed by atoms with Gasteiger partial charge in [-0.25, -0.2) is 4.98 Å². The van der Waals surface area contributed by atoms with Crippen LogP contribution in [0.2, 0.25) is 0 Å². The lowest BCUT2D eigenvalue weighted by Gasteiger charge is -2.35. The van der Waals surface area contributed by atoms with E-state index in [1.54, 1.807) is 19.4 Å². The SMILES string of the molecule is COc1ccc(CN2CCCC[C@H]2c2cc(=O)[nH]c(-c3ccccn3)n2)cc1. The zero-order valence-corrected chi connectivity index (χ0v) is 16.0. The zero-order valence-electron chi connectivity index (χ0n) is 16.0. The summed E-state index contributed by atoms with van der Waals surface area (Å²) >= 11 is 0. The molecule has 1 N–H and O–H groups in total. The fourth-order valence-corrected chi connectivity index (χ4v) is 3.75. The third kappa shape index (κ3) is 4.12. The van der Waals surface area contributed by atoms with E-state index in [4.69, 9.17) is 9.72 Å². The average molecular weight is 376 g/mol. The number of rotatable bonds is 5. The molecule has 0 bridgehead atoms. The summed E-state index contributed by atoms with van der Waals surface area (Å²) < 4.78 is 5.25. The van der Waals surface area contributed by atoms with Crippen LogP contribution in [-0.2, 0) is 6.54 Å². The Morgan fingerprint density at radius 3 is 2.79 bits per heavy atom. The van der Waals surface area contributed by atoms with Crippen LogP contribution in [0.3, 0.4) is 0 Å². The Hall–Kier alpha value is -2.99. The van der Waals surface area contributed by atoms with Gasteiger partial charge in [-0.05, 0) is 49.2 Å². The van der Waals surface area contributed by atoms with E-state index in [9.17, 15) is 4.79 Å². The van der Waals surface area contributed by atoms with E-state index in [0.29, 0.717) is 11.5 Å². The molecule has 4 rings (SSSR count). The molecule has 28 heavy (non-hydrogen) atoms. The third-order valence-corrected chi connectivity index (χ3v) is 5.17. The molecule has 1 saturated heterocycles. The Bertz CT molecular complexity index is 970. The van der Waals surface area contributed by atoms with Crippen LogP contribution in [0.1, 0.15) is 36.6 Å². The third-order valence-electron chi connectivity index (χ3n) is 5.17. The number of nitrogens with zero attached hydrogens (tertiary/aromatic N) is 3. The first-order valence-electron chi connectivity index (χ1n) is 9.62. The minimum absolute atomic E-state index is 0.126. The van der Waals surface area contributed by atoms with Crippen LogP contribution < -0.4 is 10.3 Å². The molecule has 144 valence electrons. The van der Waals surface area contributed by atoms with Crippen molar-refractivity contribution in [3.8, 4) is 17.3 Å². The number of pyridine rings is 1. The highest BCUT2D eigenvalue weighted by Gasteiger charge is 2.26. The van der Waals surface area contributed by atoms with Crippen molar-refractivity contribution in [2.45, 2.75) is 31.8 Å². The fraction of sp³-hybridized carbons (Fsp3) is 0.318. The Kier molecular flexibility index (Phi) is 5.48. The second-order valence-electron chi connectivity index (χ2n) is 7.06. The molecule has 2 aromatic heterocycles. The summed E-state index contributed by atoms with van der Waals surface area (Å²) in [6, 6.07) is 15.5. The standard InChI is InChI=1S/C22H24N4O2/c1-28-17-10-8-16(9-11-17)15-26-13-5-3-7-20(26)19-14-21(27)25-22(24-19)18-6-2-4-12-23-18/h2,4,6,8-12,14,20H,3,5,7,13,15H2,1H3,(H,24,25,27)/t20-/m0/s1. The predicted octanol–water partition coefficient (Wildman–Crippen LogP) is 3.57. The molecule has 6 nitrogen and oxygen atoms in total. The van der Waals surface area contributed by atoms with Crippen molar-refractivity contribution in [1.82, 2.24) is 19.9 Å². The van der Waals surface area contributed by atoms with Gasteiger partial charge in [-0.3, -0.25) is 14.7 Å². The number of hydrogen-bond acceptors (Lipinski definition) is 5. The van der Waals surface area contributed by atoms with E-state index < -0.39 is 0 Å². The summed E-state index contributed by atoms with van der Waals surface area (Å²) in [4.78, 5) is 26.6. The molecule has 0 unspecified atom stereocenters. The van der Waals surface area contributed by atoms with E-state index in [0.717, 1.165) is 43.8 Å². The number of aromatic nitrogens is 3. The average Bonchev–Trinajstić information content (AvgIpc) is 2.75. The molecule has 6 heteroatoms. The Labute approximate surface area is 164 Å². The van der Waals surface area contributed by atoms with Gasteiger partial charge in [0.05, 0.1) is 18.8 Å². The van der Waals surface area contributed by atoms with Gasteiger partial charge in [0.2, 0.25) is 0 Å². The number of H-pyrrole nitrogens is 1. The molecule has 1 aromatic carbocycles. The number of benzene rings is 1. The molecular formula is C22H24N4O2. The minimum Gasteiger partial charge on any atom is -0.497 e. The number of nitrogens with one attached hydrogen (secondary N) is 1. The van der Waals surface area contributed by atoms with Gasteiger partial charge in [-0.15, -0.1) is 0 Å². The van der Waals surface area contributed by atoms with Crippen molar-refractivity contribution in [2.75, 3.05) is 13.7 Å². The molecule has 0 saturated carbocycles. The van der Waals surface area contributed by atoms with E-state index in [2.05, 4.69) is 27.0 Å². The predicted molar refractivity (Wildman–Crippen MR) is 108 cm³/mol. The van der Waals surface area contributed by atoms with Crippen LogP contribution in [0, 0.1) is 0 Å². The van der Waals surface area contributed by atoms with Crippen molar-refractivity contribution in [1.29, 1.82) is 0 Å². The second kappa shape index (κ2) is 8.35. The van der Waals surface area contributed by atoms with Gasteiger partial charge >= 0.3 is 0 Å². The highest BCUT2D eigenvalue weighted by molar-refractivity contribution is 5.48. The number of hydrogen-bond donors (Lipinski definition) is 1. The van der Waals surface area contributed by atoms with Crippen LogP contribution in [0.25, 0.3) is 11.5 Å². The molecule has 3 heterocycles. The summed E-state index contributed by atoms with van der Waals surface area (Å²) in [5, 5.41) is 0. The monoisotopic (exact) mass is 376 g/mol. The van der Waals surface area contributed by atoms with Gasteiger partial charge in [-0.1, -0.05) is 24.6 Å². The van der Waals surface area contributed by atoms with E-state index in [1.807, 2.05) is 30.3 Å². The molecule has 1 aliphatic heterocycles. The van der Waals surface area contributed by atoms with Crippen molar-refractivity contribution in [3.63, 3.8) is 0 Å². The molecule has 3 aromatic rings. The van der Waals surface area contributed by atoms with Crippen LogP contribution in [0.15, 0.2) is 59.5 Å². The number of likely N-dealkylation sites (tertiary alicyclic amines) is 1. The summed E-state index contributed by atoms with van der Waals surface area (Å²) in [5.74, 6) is 1.38. The van der Waals surface area contributed by atoms with Gasteiger partial charge in [0.1, 0.15) is 11.4 Å². The van der Waals surface area contributed by atoms with E-state index in [1.165, 1.54) is 5.56 Å². The van der Waals surface area contributed by atoms with Crippen LogP contribution in [-0.4, -0.2) is 33.5 Å². The lowest BCUT2D eigenvalue weighted by Crippen LogP contribution is -2.34. The van der Waals surface area contributed by atoms with Gasteiger partial charge < -0.3 is 9.72 Å². The number of methoxy groups -OCH3 is 1. The Morgan fingerprint density at radius 1 is 1.18 bits per heavy atom. The summed E-state index contributed by atoms with van der Waals surface area (Å²) in [6.07, 6.45) is 4.99. The van der Waals surface area contributed by atoms with Crippen molar-refractivity contribution in [2.24, 2.45) is 0 Å². The molecule has 1 aliphatic rings. The quantitative estimate of drug-likeness (QED) is 0.737. The number of ether oxygens (including phenoxy) is 1. The second-order valence-corrected chi connectivity index (χ2v) is 7.06. The lowest BCUT2D eigenvalue weighted by molar-refractivity contribution is 0.137. The summed E-state index contributed by atoms with van der Waals surface area (Å²) in [5.41, 5.74) is 2.58. The van der Waals surface area contributed by atoms with Gasteiger partial charge in [0.25, 0.3) is 5.56 Å². The van der Waals surface area contributed by atoms with Gasteiger partial charge in [-0.2, -0.15) is 0 Å². The first kappa shape index (κ1) is 18.4. The number of aromatic amines is 1. The van der Waals surface area contributed by atoms with Crippen LogP contribution >= 0.6 is 0 Å². The molecule has 1 atom stereocenters. The van der Waals surface area contributed by atoms with E-state index >= 15 is 0 Å². The topological polar surface area (TPSA) is 71.1 Å². The van der Waals surface area contributed by atoms with Crippen molar-refractivity contribution >= 4 is 0 Å². The van der Waals surface area contributed by atoms with Crippen LogP contribution in [0.4, 0.5) is 0 Å². The van der Waals surface area contributed by atoms with Crippen molar-refractivity contribution in [3.05, 3.63) is 76.3 Å². The van der Waals surface area contributed by atoms with Gasteiger partial charge in [0.15, 0.2) is 5.82 Å². The lowest BCUT2D eigenvalue weighted by atomic mass is 9.98. The molecule has 1 fully saturated rings. The Morgan fingerprint density at radius 2 is 2.04 bits per heavy atom. The van der Waals surface area contributed by atoms with E-state index in [-0.39, 0.29) is 11.6 Å². The normalized spacial score (nSPS) is 17.4. The largest absolute Gasteiger partial charge is 0.497 e. The maximum Gasteiger partial charge on any atom is 0.251 e. The first-order valence-corrected chi connectivity index (χ1v) is 9.62. The number of piperidine rings is 1. The fourth-order valence-electron chi connectivity index (χ4n) is 3.75. The highest BCUT2D eigenvalue weighted by atomic mass is 16.5. The molecule has 0 aliphatic carbocycles. The molecular weight excluding hydrogens is 352 g/mol.